The highest BCUT2D eigenvalue weighted by atomic mass is 35.5. The lowest BCUT2D eigenvalue weighted by Crippen LogP contribution is -2.60. The second kappa shape index (κ2) is 28.5. The molecule has 0 aromatic heterocycles. The minimum absolute atomic E-state index is 0.0521. The molecule has 0 radical (unpaired) electrons. The molecule has 3 aliphatic rings. The molecule has 21 heteroatoms. The van der Waals surface area contributed by atoms with Gasteiger partial charge in [0.1, 0.15) is 54.2 Å². The summed E-state index contributed by atoms with van der Waals surface area (Å²) in [5, 5.41) is 39.1. The zero-order valence-corrected chi connectivity index (χ0v) is 46.3. The van der Waals surface area contributed by atoms with Crippen LogP contribution in [-0.2, 0) is 70.1 Å². The predicted molar refractivity (Wildman–Crippen MR) is 282 cm³/mol. The molecule has 0 bridgehead atoms. The van der Waals surface area contributed by atoms with Crippen LogP contribution in [0.2, 0.25) is 5.02 Å². The average Bonchev–Trinajstić information content (AvgIpc) is 4.20. The number of ketones is 2. The second-order valence-corrected chi connectivity index (χ2v) is 22.2. The predicted octanol–water partition coefficient (Wildman–Crippen LogP) is 3.53. The number of methoxy groups -OCH3 is 2. The SMILES string of the molecule is COc1ccc(C[C@H]2NC(=O)/C=C/C[C@@H]([C@H](C)[C@H]3O[C@@H]3c3ccc(CCC(=O)[C@H](CCC(=O)NC[C@H]4O[C@@H](OC)[C@H](O)[C@@H](O)[C@@H]4O)CC(=O)[C@@H](N)C(C)C)cc3)OC(=O)[C@H](CC(C)C)OC(=O)C(C)(C)CNC2=O)cc1Cl. The lowest BCUT2D eigenvalue weighted by molar-refractivity contribution is -0.288. The van der Waals surface area contributed by atoms with Crippen LogP contribution in [0.1, 0.15) is 110 Å². The summed E-state index contributed by atoms with van der Waals surface area (Å²) >= 11 is 6.38. The van der Waals surface area contributed by atoms with Crippen LogP contribution in [0.15, 0.2) is 54.6 Å². The van der Waals surface area contributed by atoms with Gasteiger partial charge in [-0.3, -0.25) is 28.8 Å². The highest BCUT2D eigenvalue weighted by molar-refractivity contribution is 6.32. The third-order valence-electron chi connectivity index (χ3n) is 14.4. The molecule has 20 nitrogen and oxygen atoms in total. The van der Waals surface area contributed by atoms with Crippen LogP contribution >= 0.6 is 11.6 Å². The number of nitrogens with two attached hydrogens (primary N) is 1. The maximum absolute atomic E-state index is 14.0. The highest BCUT2D eigenvalue weighted by Crippen LogP contribution is 2.45. The number of halogens is 1. The molecule has 0 spiro atoms. The fourth-order valence-electron chi connectivity index (χ4n) is 9.18. The van der Waals surface area contributed by atoms with Gasteiger partial charge in [0.05, 0.1) is 29.7 Å². The van der Waals surface area contributed by atoms with Gasteiger partial charge in [-0.1, -0.05) is 82.6 Å². The van der Waals surface area contributed by atoms with Crippen LogP contribution < -0.4 is 26.4 Å². The minimum atomic E-state index is -1.57. The Kier molecular flexibility index (Phi) is 23.2. The second-order valence-electron chi connectivity index (χ2n) is 21.8. The third kappa shape index (κ3) is 17.8. The van der Waals surface area contributed by atoms with Gasteiger partial charge < -0.3 is 65.4 Å². The number of aliphatic hydroxyl groups is 3. The molecule has 0 saturated carbocycles. The van der Waals surface area contributed by atoms with E-state index in [1.807, 2.05) is 58.9 Å². The van der Waals surface area contributed by atoms with Gasteiger partial charge in [-0.05, 0) is 79.8 Å². The number of esters is 2. The van der Waals surface area contributed by atoms with Crippen LogP contribution in [0.25, 0.3) is 0 Å². The molecule has 8 N–H and O–H groups in total. The van der Waals surface area contributed by atoms with Gasteiger partial charge >= 0.3 is 11.9 Å². The van der Waals surface area contributed by atoms with E-state index in [0.29, 0.717) is 22.8 Å². The van der Waals surface area contributed by atoms with Crippen molar-refractivity contribution in [1.82, 2.24) is 16.0 Å². The molecule has 5 rings (SSSR count). The Morgan fingerprint density at radius 3 is 2.22 bits per heavy atom. The largest absolute Gasteiger partial charge is 0.495 e. The number of ether oxygens (including phenoxy) is 6. The van der Waals surface area contributed by atoms with Crippen molar-refractivity contribution in [2.24, 2.45) is 34.8 Å². The van der Waals surface area contributed by atoms with E-state index < -0.39 is 108 Å². The molecule has 13 atom stereocenters. The van der Waals surface area contributed by atoms with E-state index in [9.17, 15) is 48.9 Å². The fourth-order valence-corrected chi connectivity index (χ4v) is 9.46. The summed E-state index contributed by atoms with van der Waals surface area (Å²) < 4.78 is 34.0. The summed E-state index contributed by atoms with van der Waals surface area (Å²) in [6.45, 7) is 12.0. The van der Waals surface area contributed by atoms with Gasteiger partial charge in [-0.25, -0.2) is 4.79 Å². The van der Waals surface area contributed by atoms with E-state index in [2.05, 4.69) is 16.0 Å². The first-order valence-electron chi connectivity index (χ1n) is 26.4. The van der Waals surface area contributed by atoms with Gasteiger partial charge in [0.15, 0.2) is 18.2 Å². The lowest BCUT2D eigenvalue weighted by Gasteiger charge is -2.39. The molecule has 77 heavy (non-hydrogen) atoms. The number of carbonyl (C=O) groups is 7. The van der Waals surface area contributed by atoms with Crippen molar-refractivity contribution in [2.75, 3.05) is 27.3 Å². The van der Waals surface area contributed by atoms with Crippen molar-refractivity contribution in [2.45, 2.75) is 167 Å². The zero-order valence-electron chi connectivity index (χ0n) is 45.5. The van der Waals surface area contributed by atoms with Crippen LogP contribution in [0.3, 0.4) is 0 Å². The third-order valence-corrected chi connectivity index (χ3v) is 14.7. The maximum atomic E-state index is 14.0. The normalized spacial score (nSPS) is 27.8. The Labute approximate surface area is 455 Å². The Balaban J connectivity index is 1.25. The van der Waals surface area contributed by atoms with Crippen molar-refractivity contribution in [3.05, 3.63) is 76.3 Å². The number of carbonyl (C=O) groups excluding carboxylic acids is 7. The van der Waals surface area contributed by atoms with E-state index in [-0.39, 0.29) is 87.5 Å². The summed E-state index contributed by atoms with van der Waals surface area (Å²) in [6, 6.07) is 10.7. The summed E-state index contributed by atoms with van der Waals surface area (Å²) in [6.07, 6.45) is -6.43. The molecular formula is C56H79ClN4O16. The molecule has 3 heterocycles. The summed E-state index contributed by atoms with van der Waals surface area (Å²) in [4.78, 5) is 94.7. The molecule has 2 saturated heterocycles. The van der Waals surface area contributed by atoms with Crippen molar-refractivity contribution >= 4 is 52.8 Å². The van der Waals surface area contributed by atoms with E-state index >= 15 is 0 Å². The Morgan fingerprint density at radius 1 is 0.896 bits per heavy atom. The van der Waals surface area contributed by atoms with Crippen LogP contribution in [-0.4, -0.2) is 145 Å². The molecule has 2 fully saturated rings. The Hall–Kier alpha value is -5.32. The Bertz CT molecular complexity index is 2400. The van der Waals surface area contributed by atoms with Crippen molar-refractivity contribution in [1.29, 1.82) is 0 Å². The monoisotopic (exact) mass is 1100 g/mol. The number of nitrogens with one attached hydrogen (secondary N) is 3. The maximum Gasteiger partial charge on any atom is 0.347 e. The van der Waals surface area contributed by atoms with Crippen LogP contribution in [0, 0.1) is 29.1 Å². The van der Waals surface area contributed by atoms with Crippen molar-refractivity contribution in [3.8, 4) is 5.75 Å². The number of Topliss-reactive ketones (excluding diaryl/α,β-unsaturated/α-hetero) is 2. The Morgan fingerprint density at radius 2 is 1.58 bits per heavy atom. The standard InChI is InChI=1S/C56H79ClN4O16/c1-29(2)23-42-53(70)74-40(11-10-12-45(65)61-37(25-33-16-21-41(72-8)36(57)24-33)52(69)60-28-56(6,7)55(71)76-42)31(5)50-51(77-50)34-17-13-32(14-18-34)15-20-38(62)35(26-39(63)46(58)30(3)4)19-22-44(64)59-27-43-47(66)48(67)49(68)54(73-9)75-43/h10,12-14,16-18,21,24,29-31,35,37,40,42-43,46-51,54,66-68H,11,15,19-20,22-23,25-28,58H2,1-9H3,(H,59,64)(H,60,69)(H,61,65)/b12-10+/t31-,35+,37+,40-,42-,43+,46-,47+,48-,49+,50+,51+,54+/m0/s1. The number of cyclic esters (lactones) is 2. The summed E-state index contributed by atoms with van der Waals surface area (Å²) in [7, 11) is 2.75. The van der Waals surface area contributed by atoms with E-state index in [4.69, 9.17) is 45.8 Å². The number of benzene rings is 2. The van der Waals surface area contributed by atoms with Gasteiger partial charge in [-0.15, -0.1) is 0 Å². The molecule has 3 aliphatic heterocycles. The molecule has 426 valence electrons. The van der Waals surface area contributed by atoms with E-state index in [1.54, 1.807) is 38.1 Å². The van der Waals surface area contributed by atoms with Crippen LogP contribution in [0.5, 0.6) is 5.75 Å². The molecule has 0 aliphatic carbocycles. The topological polar surface area (TPSA) is 301 Å². The quantitative estimate of drug-likeness (QED) is 0.0655. The van der Waals surface area contributed by atoms with Crippen molar-refractivity contribution < 1.29 is 77.3 Å². The average molecular weight is 1100 g/mol. The van der Waals surface area contributed by atoms with E-state index in [0.717, 1.165) is 11.1 Å². The first kappa shape index (κ1) is 62.5. The number of epoxide rings is 1. The van der Waals surface area contributed by atoms with E-state index in [1.165, 1.54) is 20.3 Å². The summed E-state index contributed by atoms with van der Waals surface area (Å²) in [5.74, 6) is -4.62. The number of rotatable bonds is 22. The van der Waals surface area contributed by atoms with Gasteiger partial charge in [0.25, 0.3) is 0 Å². The lowest BCUT2D eigenvalue weighted by atomic mass is 9.86. The molecular weight excluding hydrogens is 1020 g/mol. The van der Waals surface area contributed by atoms with Gasteiger partial charge in [-0.2, -0.15) is 0 Å². The molecule has 2 aromatic rings. The number of hydrogen-bond donors (Lipinski definition) is 7. The van der Waals surface area contributed by atoms with Gasteiger partial charge in [0.2, 0.25) is 17.7 Å². The fraction of sp³-hybridized carbons (Fsp3) is 0.625. The smallest absolute Gasteiger partial charge is 0.347 e. The van der Waals surface area contributed by atoms with Crippen molar-refractivity contribution in [3.63, 3.8) is 0 Å². The molecule has 3 amide bonds. The minimum Gasteiger partial charge on any atom is -0.495 e. The number of aryl methyl sites for hydroxylation is 1. The number of aliphatic hydroxyl groups excluding tert-OH is 3. The molecule has 0 unspecified atom stereocenters. The number of amides is 3. The van der Waals surface area contributed by atoms with Gasteiger partial charge in [0, 0.05) is 64.1 Å². The zero-order chi connectivity index (χ0) is 56.9. The first-order valence-corrected chi connectivity index (χ1v) is 26.7. The highest BCUT2D eigenvalue weighted by Gasteiger charge is 2.48. The summed E-state index contributed by atoms with van der Waals surface area (Å²) in [5.41, 5.74) is 7.18. The molecule has 2 aromatic carbocycles. The number of hydrogen-bond acceptors (Lipinski definition) is 17. The first-order chi connectivity index (χ1) is 36.3. The van der Waals surface area contributed by atoms with Crippen LogP contribution in [0.4, 0.5) is 0 Å².